The van der Waals surface area contributed by atoms with Gasteiger partial charge in [0, 0.05) is 30.9 Å². The molecular formula is C15H19N3O3S. The first-order valence-corrected chi connectivity index (χ1v) is 8.54. The number of nitrogens with zero attached hydrogens (tertiary/aromatic N) is 2. The number of sulfonamides is 1. The summed E-state index contributed by atoms with van der Waals surface area (Å²) in [5.41, 5.74) is 1.73. The fourth-order valence-corrected chi connectivity index (χ4v) is 4.21. The quantitative estimate of drug-likeness (QED) is 0.907. The van der Waals surface area contributed by atoms with Gasteiger partial charge in [0.15, 0.2) is 0 Å². The van der Waals surface area contributed by atoms with Crippen molar-refractivity contribution >= 4 is 10.0 Å². The van der Waals surface area contributed by atoms with Gasteiger partial charge in [-0.15, -0.1) is 0 Å². The lowest BCUT2D eigenvalue weighted by atomic mass is 10.2. The highest BCUT2D eigenvalue weighted by molar-refractivity contribution is 7.89. The van der Waals surface area contributed by atoms with E-state index in [2.05, 4.69) is 9.71 Å². The molecule has 0 unspecified atom stereocenters. The smallest absolute Gasteiger partial charge is 0.241 e. The molecule has 0 radical (unpaired) electrons. The van der Waals surface area contributed by atoms with Crippen molar-refractivity contribution in [2.45, 2.75) is 30.2 Å². The maximum Gasteiger partial charge on any atom is 0.241 e. The Morgan fingerprint density at radius 2 is 2.18 bits per heavy atom. The topological polar surface area (TPSA) is 73.2 Å². The van der Waals surface area contributed by atoms with Gasteiger partial charge in [-0.1, -0.05) is 0 Å². The van der Waals surface area contributed by atoms with Gasteiger partial charge in [0.1, 0.15) is 5.75 Å². The van der Waals surface area contributed by atoms with Crippen LogP contribution < -0.4 is 9.46 Å². The zero-order chi connectivity index (χ0) is 15.9. The Morgan fingerprint density at radius 3 is 2.77 bits per heavy atom. The van der Waals surface area contributed by atoms with E-state index >= 15 is 0 Å². The van der Waals surface area contributed by atoms with E-state index in [1.165, 1.54) is 0 Å². The van der Waals surface area contributed by atoms with Gasteiger partial charge in [-0.05, 0) is 37.1 Å². The number of nitrogens with one attached hydrogen (secondary N) is 1. The third kappa shape index (κ3) is 2.74. The summed E-state index contributed by atoms with van der Waals surface area (Å²) in [5, 5.41) is 0. The van der Waals surface area contributed by atoms with Crippen LogP contribution in [0.5, 0.6) is 5.75 Å². The zero-order valence-corrected chi connectivity index (χ0v) is 13.6. The highest BCUT2D eigenvalue weighted by atomic mass is 32.2. The van der Waals surface area contributed by atoms with Crippen molar-refractivity contribution in [3.63, 3.8) is 0 Å². The van der Waals surface area contributed by atoms with Crippen LogP contribution in [0.2, 0.25) is 0 Å². The molecule has 1 saturated carbocycles. The fraction of sp³-hybridized carbons (Fsp3) is 0.400. The van der Waals surface area contributed by atoms with E-state index in [0.717, 1.165) is 12.1 Å². The Morgan fingerprint density at radius 1 is 1.41 bits per heavy atom. The molecule has 1 aromatic heterocycles. The van der Waals surface area contributed by atoms with Crippen molar-refractivity contribution in [3.8, 4) is 5.75 Å². The van der Waals surface area contributed by atoms with Gasteiger partial charge in [-0.3, -0.25) is 0 Å². The number of aromatic nitrogens is 2. The molecule has 3 rings (SSSR count). The second-order valence-electron chi connectivity index (χ2n) is 5.63. The Balaban J connectivity index is 1.77. The normalized spacial score (nSPS) is 20.9. The van der Waals surface area contributed by atoms with Crippen molar-refractivity contribution in [2.75, 3.05) is 7.11 Å². The first kappa shape index (κ1) is 15.1. The number of aryl methyl sites for hydroxylation is 2. The minimum atomic E-state index is -3.52. The molecule has 1 N–H and O–H groups in total. The molecule has 0 saturated heterocycles. The van der Waals surface area contributed by atoms with Gasteiger partial charge in [-0.25, -0.2) is 18.1 Å². The van der Waals surface area contributed by atoms with Crippen LogP contribution in [0, 0.1) is 6.92 Å². The molecule has 2 atom stereocenters. The van der Waals surface area contributed by atoms with Crippen molar-refractivity contribution in [3.05, 3.63) is 42.0 Å². The summed E-state index contributed by atoms with van der Waals surface area (Å²) < 4.78 is 34.9. The molecule has 1 aliphatic rings. The Kier molecular flexibility index (Phi) is 3.70. The fourth-order valence-electron chi connectivity index (χ4n) is 2.69. The molecule has 1 aliphatic carbocycles. The van der Waals surface area contributed by atoms with Crippen LogP contribution in [-0.4, -0.2) is 31.1 Å². The Bertz CT molecular complexity index is 798. The minimum absolute atomic E-state index is 0.0677. The molecule has 0 aliphatic heterocycles. The number of benzene rings is 1. The second kappa shape index (κ2) is 5.40. The van der Waals surface area contributed by atoms with Gasteiger partial charge < -0.3 is 9.30 Å². The van der Waals surface area contributed by atoms with Crippen molar-refractivity contribution in [1.82, 2.24) is 14.3 Å². The van der Waals surface area contributed by atoms with E-state index in [0.29, 0.717) is 16.2 Å². The van der Waals surface area contributed by atoms with E-state index in [1.807, 2.05) is 11.6 Å². The monoisotopic (exact) mass is 321 g/mol. The number of hydrogen-bond donors (Lipinski definition) is 1. The number of methoxy groups -OCH3 is 1. The summed E-state index contributed by atoms with van der Waals surface area (Å²) in [4.78, 5) is 4.37. The number of rotatable bonds is 5. The molecule has 6 nitrogen and oxygen atoms in total. The average Bonchev–Trinajstić information content (AvgIpc) is 3.06. The Labute approximate surface area is 130 Å². The number of ether oxygens (including phenoxy) is 1. The molecule has 0 spiro atoms. The van der Waals surface area contributed by atoms with Crippen LogP contribution in [0.1, 0.15) is 23.6 Å². The van der Waals surface area contributed by atoms with E-state index < -0.39 is 10.0 Å². The molecule has 1 heterocycles. The van der Waals surface area contributed by atoms with Crippen LogP contribution in [0.3, 0.4) is 0 Å². The zero-order valence-electron chi connectivity index (χ0n) is 12.8. The van der Waals surface area contributed by atoms with Crippen LogP contribution in [0.25, 0.3) is 0 Å². The predicted octanol–water partition coefficient (Wildman–Crippen LogP) is 1.57. The van der Waals surface area contributed by atoms with Crippen molar-refractivity contribution in [2.24, 2.45) is 7.05 Å². The summed E-state index contributed by atoms with van der Waals surface area (Å²) >= 11 is 0. The molecule has 0 bridgehead atoms. The molecule has 2 aromatic rings. The summed E-state index contributed by atoms with van der Waals surface area (Å²) in [7, 11) is -0.0488. The lowest BCUT2D eigenvalue weighted by Gasteiger charge is -2.10. The van der Waals surface area contributed by atoms with E-state index in [4.69, 9.17) is 4.74 Å². The molecule has 118 valence electrons. The summed E-state index contributed by atoms with van der Waals surface area (Å²) in [6, 6.07) is 4.90. The SMILES string of the molecule is COc1ccc(S(=O)(=O)N[C@@H]2C[C@H]2c2cncn2C)c(C)c1. The van der Waals surface area contributed by atoms with Crippen molar-refractivity contribution in [1.29, 1.82) is 0 Å². The van der Waals surface area contributed by atoms with Crippen LogP contribution in [0.15, 0.2) is 35.6 Å². The number of imidazole rings is 1. The van der Waals surface area contributed by atoms with Crippen LogP contribution in [0.4, 0.5) is 0 Å². The standard InChI is InChI=1S/C15H19N3O3S/c1-10-6-11(21-3)4-5-15(10)22(19,20)17-13-7-12(13)14-8-16-9-18(14)2/h4-6,8-9,12-13,17H,7H2,1-3H3/t12-,13-/m1/s1. The van der Waals surface area contributed by atoms with Gasteiger partial charge >= 0.3 is 0 Å². The maximum absolute atomic E-state index is 12.5. The largest absolute Gasteiger partial charge is 0.497 e. The van der Waals surface area contributed by atoms with Gasteiger partial charge in [0.05, 0.1) is 18.3 Å². The summed E-state index contributed by atoms with van der Waals surface area (Å²) in [6.45, 7) is 1.77. The first-order chi connectivity index (χ1) is 10.4. The molecule has 22 heavy (non-hydrogen) atoms. The van der Waals surface area contributed by atoms with Gasteiger partial charge in [0.25, 0.3) is 0 Å². The molecule has 0 amide bonds. The van der Waals surface area contributed by atoms with E-state index in [-0.39, 0.29) is 12.0 Å². The maximum atomic E-state index is 12.5. The van der Waals surface area contributed by atoms with Crippen LogP contribution >= 0.6 is 0 Å². The minimum Gasteiger partial charge on any atom is -0.497 e. The third-order valence-electron chi connectivity index (χ3n) is 4.00. The number of hydrogen-bond acceptors (Lipinski definition) is 4. The van der Waals surface area contributed by atoms with Crippen LogP contribution in [-0.2, 0) is 17.1 Å². The average molecular weight is 321 g/mol. The Hall–Kier alpha value is -1.86. The first-order valence-electron chi connectivity index (χ1n) is 7.05. The lowest BCUT2D eigenvalue weighted by molar-refractivity contribution is 0.414. The van der Waals surface area contributed by atoms with Gasteiger partial charge in [0.2, 0.25) is 10.0 Å². The lowest BCUT2D eigenvalue weighted by Crippen LogP contribution is -2.27. The van der Waals surface area contributed by atoms with Gasteiger partial charge in [-0.2, -0.15) is 0 Å². The predicted molar refractivity (Wildman–Crippen MR) is 82.4 cm³/mol. The summed E-state index contributed by atoms with van der Waals surface area (Å²) in [5.74, 6) is 0.844. The van der Waals surface area contributed by atoms with E-state index in [1.54, 1.807) is 44.8 Å². The third-order valence-corrected chi connectivity index (χ3v) is 5.65. The molecule has 1 aromatic carbocycles. The summed E-state index contributed by atoms with van der Waals surface area (Å²) in [6.07, 6.45) is 4.32. The van der Waals surface area contributed by atoms with Crippen molar-refractivity contribution < 1.29 is 13.2 Å². The van der Waals surface area contributed by atoms with E-state index in [9.17, 15) is 8.42 Å². The second-order valence-corrected chi connectivity index (χ2v) is 7.31. The molecule has 7 heteroatoms. The molecular weight excluding hydrogens is 302 g/mol. The molecule has 1 fully saturated rings. The highest BCUT2D eigenvalue weighted by Gasteiger charge is 2.43. The highest BCUT2D eigenvalue weighted by Crippen LogP contribution is 2.41.